The molecular weight excluding hydrogens is 318 g/mol. The summed E-state index contributed by atoms with van der Waals surface area (Å²) in [7, 11) is 0. The Labute approximate surface area is 146 Å². The van der Waals surface area contributed by atoms with Crippen LogP contribution in [0.1, 0.15) is 30.3 Å². The molecule has 1 fully saturated rings. The Hall–Kier alpha value is -2.51. The molecule has 3 aromatic rings. The minimum Gasteiger partial charge on any atom is -0.364 e. The average molecular weight is 339 g/mol. The van der Waals surface area contributed by atoms with E-state index in [4.69, 9.17) is 9.26 Å². The molecule has 1 saturated heterocycles. The Morgan fingerprint density at radius 1 is 1.16 bits per heavy atom. The number of imidazole rings is 1. The van der Waals surface area contributed by atoms with Crippen molar-refractivity contribution in [1.29, 1.82) is 0 Å². The molecule has 0 radical (unpaired) electrons. The van der Waals surface area contributed by atoms with E-state index in [1.54, 1.807) is 12.5 Å². The van der Waals surface area contributed by atoms with Crippen molar-refractivity contribution < 1.29 is 9.26 Å². The number of ether oxygens (including phenoxy) is 1. The van der Waals surface area contributed by atoms with Crippen LogP contribution in [0.4, 0.5) is 0 Å². The molecule has 3 heterocycles. The van der Waals surface area contributed by atoms with Crippen LogP contribution in [0.5, 0.6) is 0 Å². The summed E-state index contributed by atoms with van der Waals surface area (Å²) < 4.78 is 13.3. The van der Waals surface area contributed by atoms with Gasteiger partial charge in [0.1, 0.15) is 12.6 Å². The predicted octanol–water partition coefficient (Wildman–Crippen LogP) is 2.28. The zero-order valence-electron chi connectivity index (χ0n) is 14.2. The van der Waals surface area contributed by atoms with Gasteiger partial charge in [-0.15, -0.1) is 0 Å². The molecule has 1 aliphatic heterocycles. The molecule has 0 saturated carbocycles. The van der Waals surface area contributed by atoms with Crippen molar-refractivity contribution in [1.82, 2.24) is 24.6 Å². The third-order valence-electron chi connectivity index (χ3n) is 4.23. The topological polar surface area (TPSA) is 69.2 Å². The molecule has 1 aromatic carbocycles. The van der Waals surface area contributed by atoms with Crippen LogP contribution in [0.15, 0.2) is 53.6 Å². The van der Waals surface area contributed by atoms with Crippen molar-refractivity contribution in [3.05, 3.63) is 66.3 Å². The molecule has 2 atom stereocenters. The summed E-state index contributed by atoms with van der Waals surface area (Å²) in [5.41, 5.74) is 1.30. The second-order valence-electron chi connectivity index (χ2n) is 6.40. The molecule has 130 valence electrons. The molecule has 1 aliphatic rings. The normalized spacial score (nSPS) is 21.5. The summed E-state index contributed by atoms with van der Waals surface area (Å²) in [5, 5.41) is 4.12. The van der Waals surface area contributed by atoms with Gasteiger partial charge in [-0.2, -0.15) is 4.98 Å². The van der Waals surface area contributed by atoms with Crippen LogP contribution in [0.25, 0.3) is 0 Å². The highest BCUT2D eigenvalue weighted by Gasteiger charge is 2.29. The minimum absolute atomic E-state index is 0.123. The number of hydrogen-bond donors (Lipinski definition) is 0. The number of morpholine rings is 1. The lowest BCUT2D eigenvalue weighted by atomic mass is 10.1. The first-order valence-corrected chi connectivity index (χ1v) is 8.46. The highest BCUT2D eigenvalue weighted by molar-refractivity contribution is 5.14. The molecule has 0 aliphatic carbocycles. The van der Waals surface area contributed by atoms with Gasteiger partial charge in [0.2, 0.25) is 11.7 Å². The Kier molecular flexibility index (Phi) is 4.58. The summed E-state index contributed by atoms with van der Waals surface area (Å²) in [4.78, 5) is 10.9. The molecule has 0 spiro atoms. The molecule has 7 nitrogen and oxygen atoms in total. The largest absolute Gasteiger partial charge is 0.364 e. The number of aromatic nitrogens is 4. The van der Waals surface area contributed by atoms with Crippen molar-refractivity contribution in [2.45, 2.75) is 32.2 Å². The Bertz CT molecular complexity index is 787. The SMILES string of the molecule is C[C@@H]1CN(Cc2ccccc2)C[C@H](c2noc(Cn3ccnc3)n2)O1. The molecule has 0 N–H and O–H groups in total. The van der Waals surface area contributed by atoms with E-state index in [-0.39, 0.29) is 12.2 Å². The van der Waals surface area contributed by atoms with Crippen LogP contribution in [0.2, 0.25) is 0 Å². The Morgan fingerprint density at radius 3 is 2.84 bits per heavy atom. The number of rotatable bonds is 5. The number of hydrogen-bond acceptors (Lipinski definition) is 6. The highest BCUT2D eigenvalue weighted by Crippen LogP contribution is 2.24. The third-order valence-corrected chi connectivity index (χ3v) is 4.23. The Balaban J connectivity index is 1.43. The molecule has 0 amide bonds. The highest BCUT2D eigenvalue weighted by atomic mass is 16.5. The van der Waals surface area contributed by atoms with Crippen LogP contribution >= 0.6 is 0 Å². The van der Waals surface area contributed by atoms with E-state index in [1.165, 1.54) is 5.56 Å². The quantitative estimate of drug-likeness (QED) is 0.710. The lowest BCUT2D eigenvalue weighted by Crippen LogP contribution is -2.42. The zero-order valence-corrected chi connectivity index (χ0v) is 14.2. The van der Waals surface area contributed by atoms with Crippen LogP contribution in [-0.2, 0) is 17.8 Å². The van der Waals surface area contributed by atoms with Gasteiger partial charge in [0.05, 0.1) is 12.4 Å². The maximum atomic E-state index is 6.04. The molecule has 4 rings (SSSR count). The van der Waals surface area contributed by atoms with E-state index >= 15 is 0 Å². The summed E-state index contributed by atoms with van der Waals surface area (Å²) in [6.45, 7) is 5.14. The smallest absolute Gasteiger partial charge is 0.246 e. The zero-order chi connectivity index (χ0) is 17.1. The summed E-state index contributed by atoms with van der Waals surface area (Å²) in [5.74, 6) is 1.17. The van der Waals surface area contributed by atoms with Gasteiger partial charge in [-0.3, -0.25) is 4.90 Å². The van der Waals surface area contributed by atoms with Gasteiger partial charge in [-0.1, -0.05) is 35.5 Å². The molecule has 0 unspecified atom stereocenters. The van der Waals surface area contributed by atoms with Gasteiger partial charge in [-0.25, -0.2) is 4.98 Å². The molecule has 0 bridgehead atoms. The fourth-order valence-corrected chi connectivity index (χ4v) is 3.15. The van der Waals surface area contributed by atoms with E-state index in [0.29, 0.717) is 18.3 Å². The first-order chi connectivity index (χ1) is 12.3. The van der Waals surface area contributed by atoms with E-state index in [0.717, 1.165) is 19.6 Å². The van der Waals surface area contributed by atoms with Crippen molar-refractivity contribution >= 4 is 0 Å². The monoisotopic (exact) mass is 339 g/mol. The fraction of sp³-hybridized carbons (Fsp3) is 0.389. The van der Waals surface area contributed by atoms with Gasteiger partial charge in [0.15, 0.2) is 0 Å². The standard InChI is InChI=1S/C18H21N5O2/c1-14-9-23(10-15-5-3-2-4-6-15)11-16(24-14)18-20-17(25-21-18)12-22-8-7-19-13-22/h2-8,13-14,16H,9-12H2,1H3/t14-,16-/m1/s1. The van der Waals surface area contributed by atoms with Crippen LogP contribution in [0.3, 0.4) is 0 Å². The number of nitrogens with zero attached hydrogens (tertiary/aromatic N) is 5. The number of benzene rings is 1. The van der Waals surface area contributed by atoms with Crippen molar-refractivity contribution in [3.8, 4) is 0 Å². The van der Waals surface area contributed by atoms with Gasteiger partial charge < -0.3 is 13.8 Å². The first-order valence-electron chi connectivity index (χ1n) is 8.46. The lowest BCUT2D eigenvalue weighted by Gasteiger charge is -2.35. The van der Waals surface area contributed by atoms with Gasteiger partial charge in [-0.05, 0) is 12.5 Å². The van der Waals surface area contributed by atoms with Crippen LogP contribution < -0.4 is 0 Å². The van der Waals surface area contributed by atoms with E-state index < -0.39 is 0 Å². The van der Waals surface area contributed by atoms with Gasteiger partial charge >= 0.3 is 0 Å². The van der Waals surface area contributed by atoms with Crippen LogP contribution in [-0.4, -0.2) is 43.8 Å². The molecule has 25 heavy (non-hydrogen) atoms. The fourth-order valence-electron chi connectivity index (χ4n) is 3.15. The molecule has 7 heteroatoms. The van der Waals surface area contributed by atoms with E-state index in [9.17, 15) is 0 Å². The van der Waals surface area contributed by atoms with Crippen LogP contribution in [0, 0.1) is 0 Å². The molecule has 2 aromatic heterocycles. The minimum atomic E-state index is -0.173. The van der Waals surface area contributed by atoms with Gasteiger partial charge in [0.25, 0.3) is 0 Å². The second kappa shape index (κ2) is 7.16. The Morgan fingerprint density at radius 2 is 2.04 bits per heavy atom. The van der Waals surface area contributed by atoms with E-state index in [2.05, 4.69) is 51.2 Å². The molecular formula is C18H21N5O2. The maximum Gasteiger partial charge on any atom is 0.246 e. The summed E-state index contributed by atoms with van der Waals surface area (Å²) in [6, 6.07) is 10.5. The van der Waals surface area contributed by atoms with Gasteiger partial charge in [0, 0.05) is 32.0 Å². The maximum absolute atomic E-state index is 6.04. The second-order valence-corrected chi connectivity index (χ2v) is 6.40. The first kappa shape index (κ1) is 16.0. The van der Waals surface area contributed by atoms with Crippen molar-refractivity contribution in [2.75, 3.05) is 13.1 Å². The van der Waals surface area contributed by atoms with Crippen molar-refractivity contribution in [2.24, 2.45) is 0 Å². The van der Waals surface area contributed by atoms with Crippen molar-refractivity contribution in [3.63, 3.8) is 0 Å². The predicted molar refractivity (Wildman–Crippen MR) is 90.6 cm³/mol. The van der Waals surface area contributed by atoms with E-state index in [1.807, 2.05) is 16.8 Å². The lowest BCUT2D eigenvalue weighted by molar-refractivity contribution is -0.0856. The summed E-state index contributed by atoms with van der Waals surface area (Å²) >= 11 is 0. The third kappa shape index (κ3) is 3.94. The average Bonchev–Trinajstić information content (AvgIpc) is 3.28. The summed E-state index contributed by atoms with van der Waals surface area (Å²) in [6.07, 6.45) is 5.27.